The summed E-state index contributed by atoms with van der Waals surface area (Å²) in [6, 6.07) is 53.8. The Balaban J connectivity index is 1.31. The summed E-state index contributed by atoms with van der Waals surface area (Å²) in [6.07, 6.45) is 0. The first kappa shape index (κ1) is 22.7. The van der Waals surface area contributed by atoms with E-state index >= 15 is 0 Å². The molecule has 0 spiro atoms. The van der Waals surface area contributed by atoms with Crippen molar-refractivity contribution in [2.75, 3.05) is 0 Å². The quantitative estimate of drug-likeness (QED) is 0.200. The van der Waals surface area contributed by atoms with Crippen LogP contribution in [0, 0.1) is 0 Å². The predicted molar refractivity (Wildman–Crippen MR) is 187 cm³/mol. The van der Waals surface area contributed by atoms with Crippen molar-refractivity contribution >= 4 is 76.2 Å². The summed E-state index contributed by atoms with van der Waals surface area (Å²) in [7, 11) is 0. The van der Waals surface area contributed by atoms with Crippen molar-refractivity contribution in [2.24, 2.45) is 0 Å². The molecule has 0 aliphatic carbocycles. The Morgan fingerprint density at radius 2 is 0.773 bits per heavy atom. The topological polar surface area (TPSA) is 8.82 Å². The molecule has 0 atom stereocenters. The van der Waals surface area contributed by atoms with Gasteiger partial charge in [0.1, 0.15) is 0 Å². The van der Waals surface area contributed by atoms with Crippen molar-refractivity contribution in [1.29, 1.82) is 0 Å². The number of para-hydroxylation sites is 3. The van der Waals surface area contributed by atoms with E-state index in [1.54, 1.807) is 0 Å². The standard InChI is InChI=1S/C42H24N2/c1-2-10-25(11-3-1)26-18-23-38-34(24-26)31-22-20-29(40-33-14-6-9-17-37(33)44(38)42(31)40)28-19-21-30-27-12-4-7-15-35(27)43-36-16-8-5-13-32(36)39(28)41(30)43/h1-24H. The Hall–Kier alpha value is -5.86. The molecule has 0 unspecified atom stereocenters. The van der Waals surface area contributed by atoms with Crippen LogP contribution in [0.15, 0.2) is 146 Å². The van der Waals surface area contributed by atoms with Crippen LogP contribution >= 0.6 is 0 Å². The SMILES string of the molecule is c1ccc(-c2ccc3c(c2)c2ccc(-c4ccc5c6ccccc6n6c7ccccc7c4c56)c4c5ccccc5n3c24)cc1. The highest BCUT2D eigenvalue weighted by atomic mass is 14.9. The third-order valence-corrected chi connectivity index (χ3v) is 9.99. The Kier molecular flexibility index (Phi) is 4.10. The molecule has 0 aliphatic rings. The van der Waals surface area contributed by atoms with E-state index in [-0.39, 0.29) is 0 Å². The fourth-order valence-electron chi connectivity index (χ4n) is 8.23. The van der Waals surface area contributed by atoms with Gasteiger partial charge in [-0.3, -0.25) is 0 Å². The molecule has 7 aromatic carbocycles. The van der Waals surface area contributed by atoms with Crippen molar-refractivity contribution in [2.45, 2.75) is 0 Å². The van der Waals surface area contributed by atoms with E-state index in [0.717, 1.165) is 0 Å². The van der Waals surface area contributed by atoms with Gasteiger partial charge >= 0.3 is 0 Å². The summed E-state index contributed by atoms with van der Waals surface area (Å²) >= 11 is 0. The molecule has 0 saturated heterocycles. The summed E-state index contributed by atoms with van der Waals surface area (Å²) in [6.45, 7) is 0. The highest BCUT2D eigenvalue weighted by molar-refractivity contribution is 6.31. The molecule has 202 valence electrons. The Morgan fingerprint density at radius 1 is 0.295 bits per heavy atom. The van der Waals surface area contributed by atoms with E-state index in [0.29, 0.717) is 0 Å². The summed E-state index contributed by atoms with van der Waals surface area (Å²) in [5.74, 6) is 0. The zero-order valence-electron chi connectivity index (χ0n) is 23.8. The number of aromatic nitrogens is 2. The first-order valence-corrected chi connectivity index (χ1v) is 15.3. The third-order valence-electron chi connectivity index (χ3n) is 9.99. The molecule has 44 heavy (non-hydrogen) atoms. The zero-order valence-corrected chi connectivity index (χ0v) is 23.8. The largest absolute Gasteiger partial charge is 0.308 e. The molecular formula is C42H24N2. The Bertz CT molecular complexity index is 2920. The lowest BCUT2D eigenvalue weighted by atomic mass is 9.93. The van der Waals surface area contributed by atoms with Crippen LogP contribution in [0.1, 0.15) is 0 Å². The minimum absolute atomic E-state index is 1.25. The molecule has 0 radical (unpaired) electrons. The molecule has 0 amide bonds. The molecular weight excluding hydrogens is 532 g/mol. The monoisotopic (exact) mass is 556 g/mol. The minimum Gasteiger partial charge on any atom is -0.308 e. The first-order chi connectivity index (χ1) is 21.9. The van der Waals surface area contributed by atoms with E-state index in [2.05, 4.69) is 154 Å². The normalized spacial score (nSPS) is 12.5. The van der Waals surface area contributed by atoms with Gasteiger partial charge < -0.3 is 8.80 Å². The maximum Gasteiger partial charge on any atom is 0.0626 e. The van der Waals surface area contributed by atoms with Crippen molar-refractivity contribution in [3.05, 3.63) is 146 Å². The second kappa shape index (κ2) is 7.94. The van der Waals surface area contributed by atoms with Gasteiger partial charge in [-0.2, -0.15) is 0 Å². The number of benzene rings is 7. The molecule has 4 heterocycles. The van der Waals surface area contributed by atoms with Crippen LogP contribution in [-0.2, 0) is 0 Å². The fraction of sp³-hybridized carbons (Fsp3) is 0. The second-order valence-corrected chi connectivity index (χ2v) is 12.1. The van der Waals surface area contributed by atoms with Crippen LogP contribution in [0.4, 0.5) is 0 Å². The molecule has 2 heteroatoms. The van der Waals surface area contributed by atoms with Gasteiger partial charge in [-0.05, 0) is 52.6 Å². The first-order valence-electron chi connectivity index (χ1n) is 15.3. The molecule has 0 bridgehead atoms. The molecule has 11 rings (SSSR count). The number of hydrogen-bond donors (Lipinski definition) is 0. The van der Waals surface area contributed by atoms with E-state index in [9.17, 15) is 0 Å². The molecule has 2 nitrogen and oxygen atoms in total. The average Bonchev–Trinajstić information content (AvgIpc) is 3.82. The molecule has 0 N–H and O–H groups in total. The van der Waals surface area contributed by atoms with Crippen LogP contribution < -0.4 is 0 Å². The van der Waals surface area contributed by atoms with Gasteiger partial charge in [-0.1, -0.05) is 115 Å². The van der Waals surface area contributed by atoms with Crippen molar-refractivity contribution < 1.29 is 0 Å². The number of nitrogens with zero attached hydrogens (tertiary/aromatic N) is 2. The van der Waals surface area contributed by atoms with Crippen LogP contribution in [0.5, 0.6) is 0 Å². The number of rotatable bonds is 2. The Morgan fingerprint density at radius 3 is 1.39 bits per heavy atom. The highest BCUT2D eigenvalue weighted by Gasteiger charge is 2.24. The maximum absolute atomic E-state index is 2.50. The zero-order chi connectivity index (χ0) is 28.5. The summed E-state index contributed by atoms with van der Waals surface area (Å²) < 4.78 is 4.98. The van der Waals surface area contributed by atoms with Gasteiger partial charge in [0, 0.05) is 43.1 Å². The van der Waals surface area contributed by atoms with Gasteiger partial charge in [0.15, 0.2) is 0 Å². The van der Waals surface area contributed by atoms with Gasteiger partial charge in [0.05, 0.1) is 33.1 Å². The van der Waals surface area contributed by atoms with E-state index in [1.165, 1.54) is 98.4 Å². The maximum atomic E-state index is 2.50. The van der Waals surface area contributed by atoms with Crippen molar-refractivity contribution in [3.63, 3.8) is 0 Å². The summed E-state index contributed by atoms with van der Waals surface area (Å²) in [4.78, 5) is 0. The van der Waals surface area contributed by atoms with E-state index < -0.39 is 0 Å². The molecule has 11 aromatic rings. The highest BCUT2D eigenvalue weighted by Crippen LogP contribution is 2.48. The van der Waals surface area contributed by atoms with E-state index in [4.69, 9.17) is 0 Å². The van der Waals surface area contributed by atoms with Gasteiger partial charge in [-0.15, -0.1) is 0 Å². The lowest BCUT2D eigenvalue weighted by molar-refractivity contribution is 1.37. The van der Waals surface area contributed by atoms with Crippen molar-refractivity contribution in [3.8, 4) is 22.3 Å². The lowest BCUT2D eigenvalue weighted by Crippen LogP contribution is -1.83. The average molecular weight is 557 g/mol. The smallest absolute Gasteiger partial charge is 0.0626 e. The summed E-state index contributed by atoms with van der Waals surface area (Å²) in [5.41, 5.74) is 12.8. The number of fused-ring (bicyclic) bond motifs is 12. The lowest BCUT2D eigenvalue weighted by Gasteiger charge is -2.09. The second-order valence-electron chi connectivity index (χ2n) is 12.1. The molecule has 4 aromatic heterocycles. The fourth-order valence-corrected chi connectivity index (χ4v) is 8.23. The molecule has 0 aliphatic heterocycles. The minimum atomic E-state index is 1.25. The Labute approximate surface area is 252 Å². The predicted octanol–water partition coefficient (Wildman–Crippen LogP) is 11.3. The summed E-state index contributed by atoms with van der Waals surface area (Å²) in [5, 5.41) is 10.5. The van der Waals surface area contributed by atoms with E-state index in [1.807, 2.05) is 0 Å². The van der Waals surface area contributed by atoms with Gasteiger partial charge in [-0.25, -0.2) is 0 Å². The third kappa shape index (κ3) is 2.63. The van der Waals surface area contributed by atoms with Crippen LogP contribution in [0.25, 0.3) is 98.4 Å². The van der Waals surface area contributed by atoms with Gasteiger partial charge in [0.2, 0.25) is 0 Å². The van der Waals surface area contributed by atoms with Crippen LogP contribution in [0.3, 0.4) is 0 Å². The molecule has 0 saturated carbocycles. The molecule has 0 fully saturated rings. The van der Waals surface area contributed by atoms with Crippen molar-refractivity contribution in [1.82, 2.24) is 8.80 Å². The van der Waals surface area contributed by atoms with Crippen LogP contribution in [0.2, 0.25) is 0 Å². The number of hydrogen-bond acceptors (Lipinski definition) is 0. The van der Waals surface area contributed by atoms with Crippen LogP contribution in [-0.4, -0.2) is 8.80 Å². The van der Waals surface area contributed by atoms with Gasteiger partial charge in [0.25, 0.3) is 0 Å².